The highest BCUT2D eigenvalue weighted by atomic mass is 16.5. The molecule has 3 aromatic rings. The summed E-state index contributed by atoms with van der Waals surface area (Å²) in [6.07, 6.45) is 7.68. The zero-order chi connectivity index (χ0) is 15.7. The molecule has 1 aliphatic rings. The van der Waals surface area contributed by atoms with Crippen LogP contribution < -0.4 is 5.73 Å². The lowest BCUT2D eigenvalue weighted by Gasteiger charge is -2.18. The first-order valence-corrected chi connectivity index (χ1v) is 7.93. The van der Waals surface area contributed by atoms with Gasteiger partial charge in [-0.25, -0.2) is 0 Å². The van der Waals surface area contributed by atoms with Crippen molar-refractivity contribution in [2.24, 2.45) is 5.73 Å². The van der Waals surface area contributed by atoms with Crippen LogP contribution in [0.3, 0.4) is 0 Å². The average molecular weight is 309 g/mol. The molecule has 0 amide bonds. The second-order valence-electron chi connectivity index (χ2n) is 6.12. The Morgan fingerprint density at radius 2 is 1.91 bits per heavy atom. The van der Waals surface area contributed by atoms with E-state index in [1.807, 2.05) is 47.3 Å². The van der Waals surface area contributed by atoms with Crippen LogP contribution in [-0.2, 0) is 5.54 Å². The normalized spacial score (nSPS) is 18.1. The fourth-order valence-corrected chi connectivity index (χ4v) is 3.26. The standard InChI is InChI=1S/C17H19N5O/c18-17(9-4-5-10-17)16-20-15(23-21-16)14(22-12-6-11-19-22)13-7-2-1-3-8-13/h1-3,6-8,11-12,14H,4-5,9-10,18H2. The fourth-order valence-electron chi connectivity index (χ4n) is 3.26. The fraction of sp³-hybridized carbons (Fsp3) is 0.353. The number of hydrogen-bond donors (Lipinski definition) is 1. The lowest BCUT2D eigenvalue weighted by Crippen LogP contribution is -2.34. The highest BCUT2D eigenvalue weighted by Crippen LogP contribution is 2.35. The van der Waals surface area contributed by atoms with Gasteiger partial charge in [0.1, 0.15) is 0 Å². The van der Waals surface area contributed by atoms with E-state index in [0.717, 1.165) is 31.2 Å². The van der Waals surface area contributed by atoms with E-state index >= 15 is 0 Å². The third kappa shape index (κ3) is 2.55. The van der Waals surface area contributed by atoms with Gasteiger partial charge in [-0.15, -0.1) is 0 Å². The molecule has 118 valence electrons. The molecule has 0 radical (unpaired) electrons. The minimum absolute atomic E-state index is 0.238. The summed E-state index contributed by atoms with van der Waals surface area (Å²) in [6.45, 7) is 0. The highest BCUT2D eigenvalue weighted by molar-refractivity contribution is 5.25. The van der Waals surface area contributed by atoms with Gasteiger partial charge in [0.2, 0.25) is 0 Å². The molecule has 4 rings (SSSR count). The van der Waals surface area contributed by atoms with E-state index < -0.39 is 5.54 Å². The number of aromatic nitrogens is 4. The van der Waals surface area contributed by atoms with Gasteiger partial charge in [-0.2, -0.15) is 10.1 Å². The summed E-state index contributed by atoms with van der Waals surface area (Å²) in [5.74, 6) is 1.13. The first-order valence-electron chi connectivity index (χ1n) is 7.93. The van der Waals surface area contributed by atoms with Crippen molar-refractivity contribution in [2.45, 2.75) is 37.3 Å². The van der Waals surface area contributed by atoms with E-state index in [1.54, 1.807) is 6.20 Å². The smallest absolute Gasteiger partial charge is 0.256 e. The summed E-state index contributed by atoms with van der Waals surface area (Å²) in [5.41, 5.74) is 7.04. The molecule has 1 unspecified atom stereocenters. The summed E-state index contributed by atoms with van der Waals surface area (Å²) in [5, 5.41) is 8.53. The van der Waals surface area contributed by atoms with Crippen LogP contribution in [0.15, 0.2) is 53.3 Å². The lowest BCUT2D eigenvalue weighted by molar-refractivity contribution is 0.328. The maximum atomic E-state index is 6.44. The van der Waals surface area contributed by atoms with Crippen molar-refractivity contribution < 1.29 is 4.52 Å². The maximum Gasteiger partial charge on any atom is 0.256 e. The molecule has 2 N–H and O–H groups in total. The number of nitrogens with two attached hydrogens (primary N) is 1. The van der Waals surface area contributed by atoms with Crippen LogP contribution in [0.5, 0.6) is 0 Å². The first kappa shape index (κ1) is 14.1. The van der Waals surface area contributed by atoms with Crippen molar-refractivity contribution in [1.82, 2.24) is 19.9 Å². The molecule has 0 saturated heterocycles. The van der Waals surface area contributed by atoms with Crippen molar-refractivity contribution in [3.05, 3.63) is 66.1 Å². The second-order valence-corrected chi connectivity index (χ2v) is 6.12. The number of hydrogen-bond acceptors (Lipinski definition) is 5. The molecule has 1 aromatic carbocycles. The minimum Gasteiger partial charge on any atom is -0.336 e. The van der Waals surface area contributed by atoms with E-state index in [-0.39, 0.29) is 6.04 Å². The molecule has 1 fully saturated rings. The predicted octanol–water partition coefficient (Wildman–Crippen LogP) is 2.63. The van der Waals surface area contributed by atoms with E-state index in [0.29, 0.717) is 11.7 Å². The Labute approximate surface area is 134 Å². The third-order valence-electron chi connectivity index (χ3n) is 4.52. The van der Waals surface area contributed by atoms with Crippen LogP contribution in [0.2, 0.25) is 0 Å². The van der Waals surface area contributed by atoms with Crippen LogP contribution >= 0.6 is 0 Å². The van der Waals surface area contributed by atoms with Gasteiger partial charge in [0.05, 0.1) is 5.54 Å². The van der Waals surface area contributed by atoms with Gasteiger partial charge in [0, 0.05) is 12.4 Å². The molecule has 1 saturated carbocycles. The molecule has 2 aromatic heterocycles. The molecular formula is C17H19N5O. The van der Waals surface area contributed by atoms with Crippen LogP contribution in [0.4, 0.5) is 0 Å². The average Bonchev–Trinajstić information content (AvgIpc) is 3.31. The van der Waals surface area contributed by atoms with Crippen molar-refractivity contribution in [3.8, 4) is 0 Å². The van der Waals surface area contributed by atoms with Gasteiger partial charge in [-0.1, -0.05) is 48.3 Å². The number of benzene rings is 1. The Hall–Kier alpha value is -2.47. The predicted molar refractivity (Wildman–Crippen MR) is 84.5 cm³/mol. The van der Waals surface area contributed by atoms with Crippen molar-refractivity contribution >= 4 is 0 Å². The quantitative estimate of drug-likeness (QED) is 0.801. The van der Waals surface area contributed by atoms with Crippen LogP contribution in [0.25, 0.3) is 0 Å². The van der Waals surface area contributed by atoms with E-state index in [2.05, 4.69) is 15.2 Å². The van der Waals surface area contributed by atoms with Crippen molar-refractivity contribution in [2.75, 3.05) is 0 Å². The van der Waals surface area contributed by atoms with Crippen LogP contribution in [-0.4, -0.2) is 19.9 Å². The summed E-state index contributed by atoms with van der Waals surface area (Å²) >= 11 is 0. The molecule has 0 spiro atoms. The summed E-state index contributed by atoms with van der Waals surface area (Å²) in [6, 6.07) is 11.7. The van der Waals surface area contributed by atoms with Gasteiger partial charge in [-0.3, -0.25) is 4.68 Å². The Balaban J connectivity index is 1.75. The molecule has 1 atom stereocenters. The topological polar surface area (TPSA) is 82.8 Å². The number of nitrogens with zero attached hydrogens (tertiary/aromatic N) is 4. The van der Waals surface area contributed by atoms with Crippen LogP contribution in [0, 0.1) is 0 Å². The monoisotopic (exact) mass is 309 g/mol. The Morgan fingerprint density at radius 3 is 2.61 bits per heavy atom. The Bertz CT molecular complexity index is 759. The molecule has 6 heteroatoms. The zero-order valence-electron chi connectivity index (χ0n) is 12.8. The molecule has 0 bridgehead atoms. The van der Waals surface area contributed by atoms with E-state index in [4.69, 9.17) is 10.3 Å². The van der Waals surface area contributed by atoms with Gasteiger partial charge in [0.25, 0.3) is 5.89 Å². The van der Waals surface area contributed by atoms with Gasteiger partial charge in [0.15, 0.2) is 11.9 Å². The first-order chi connectivity index (χ1) is 11.3. The van der Waals surface area contributed by atoms with Gasteiger partial charge < -0.3 is 10.3 Å². The Kier molecular flexibility index (Phi) is 3.46. The van der Waals surface area contributed by atoms with E-state index in [9.17, 15) is 0 Å². The summed E-state index contributed by atoms with van der Waals surface area (Å²) < 4.78 is 7.40. The Morgan fingerprint density at radius 1 is 1.13 bits per heavy atom. The highest BCUT2D eigenvalue weighted by Gasteiger charge is 2.37. The second kappa shape index (κ2) is 5.62. The molecule has 23 heavy (non-hydrogen) atoms. The minimum atomic E-state index is -0.451. The molecule has 2 heterocycles. The van der Waals surface area contributed by atoms with E-state index in [1.165, 1.54) is 0 Å². The van der Waals surface area contributed by atoms with Gasteiger partial charge in [-0.05, 0) is 24.5 Å². The van der Waals surface area contributed by atoms with Crippen LogP contribution in [0.1, 0.15) is 49.0 Å². The molecule has 6 nitrogen and oxygen atoms in total. The maximum absolute atomic E-state index is 6.44. The SMILES string of the molecule is NC1(c2noc(C(c3ccccc3)n3cccn3)n2)CCCC1. The van der Waals surface area contributed by atoms with Gasteiger partial charge >= 0.3 is 0 Å². The number of rotatable bonds is 4. The summed E-state index contributed by atoms with van der Waals surface area (Å²) in [4.78, 5) is 4.63. The zero-order valence-corrected chi connectivity index (χ0v) is 12.8. The van der Waals surface area contributed by atoms with Crippen molar-refractivity contribution in [1.29, 1.82) is 0 Å². The lowest BCUT2D eigenvalue weighted by atomic mass is 9.98. The summed E-state index contributed by atoms with van der Waals surface area (Å²) in [7, 11) is 0. The molecule has 0 aliphatic heterocycles. The van der Waals surface area contributed by atoms with Crippen molar-refractivity contribution in [3.63, 3.8) is 0 Å². The molecule has 1 aliphatic carbocycles. The largest absolute Gasteiger partial charge is 0.336 e. The third-order valence-corrected chi connectivity index (χ3v) is 4.52. The molecular weight excluding hydrogens is 290 g/mol.